The summed E-state index contributed by atoms with van der Waals surface area (Å²) in [4.78, 5) is 53.5. The molecule has 146 valence electrons. The Morgan fingerprint density at radius 3 is 1.74 bits per heavy atom. The molecule has 0 spiro atoms. The van der Waals surface area contributed by atoms with E-state index in [9.17, 15) is 39.3 Å². The van der Waals surface area contributed by atoms with Crippen molar-refractivity contribution in [2.45, 2.75) is 31.6 Å². The van der Waals surface area contributed by atoms with Gasteiger partial charge in [0.25, 0.3) is 0 Å². The Morgan fingerprint density at radius 1 is 0.852 bits per heavy atom. The van der Waals surface area contributed by atoms with Gasteiger partial charge in [-0.3, -0.25) is 24.0 Å². The number of carboxylic acids is 5. The van der Waals surface area contributed by atoms with Crippen molar-refractivity contribution in [1.82, 2.24) is 0 Å². The molecule has 5 N–H and O–H groups in total. The van der Waals surface area contributed by atoms with Crippen molar-refractivity contribution in [3.63, 3.8) is 0 Å². The maximum absolute atomic E-state index is 11.4. The van der Waals surface area contributed by atoms with Gasteiger partial charge in [-0.05, 0) is 24.0 Å². The van der Waals surface area contributed by atoms with E-state index in [0.29, 0.717) is 5.56 Å². The molecule has 0 heterocycles. The number of hydrogen-bond donors (Lipinski definition) is 5. The summed E-state index contributed by atoms with van der Waals surface area (Å²) in [5, 5.41) is 43.6. The average Bonchev–Trinajstić information content (AvgIpc) is 2.58. The largest absolute Gasteiger partial charge is 0.481 e. The highest BCUT2D eigenvalue weighted by atomic mass is 16.4. The van der Waals surface area contributed by atoms with Crippen molar-refractivity contribution >= 4 is 29.8 Å². The van der Waals surface area contributed by atoms with E-state index in [0.717, 1.165) is 0 Å². The normalized spacial score (nSPS) is 16.8. The molecule has 1 aromatic carbocycles. The van der Waals surface area contributed by atoms with Gasteiger partial charge in [-0.1, -0.05) is 24.3 Å². The van der Waals surface area contributed by atoms with Crippen LogP contribution in [-0.4, -0.2) is 55.4 Å². The van der Waals surface area contributed by atoms with E-state index in [4.69, 9.17) is 10.2 Å². The lowest BCUT2D eigenvalue weighted by atomic mass is 9.64. The van der Waals surface area contributed by atoms with Crippen LogP contribution < -0.4 is 0 Å². The summed E-state index contributed by atoms with van der Waals surface area (Å²) >= 11 is 0. The first-order valence-corrected chi connectivity index (χ1v) is 7.75. The maximum Gasteiger partial charge on any atom is 0.322 e. The molecule has 10 nitrogen and oxygen atoms in total. The van der Waals surface area contributed by atoms with Crippen molar-refractivity contribution in [3.05, 3.63) is 35.4 Å². The number of aliphatic carboxylic acids is 5. The summed E-state index contributed by atoms with van der Waals surface area (Å²) in [6, 6.07) is 6.47. The van der Waals surface area contributed by atoms with Gasteiger partial charge in [-0.2, -0.15) is 0 Å². The average molecular weight is 382 g/mol. The summed E-state index contributed by atoms with van der Waals surface area (Å²) in [6.45, 7) is 0. The van der Waals surface area contributed by atoms with Crippen molar-refractivity contribution in [2.75, 3.05) is 0 Å². The second-order valence-electron chi connectivity index (χ2n) is 5.84. The molecule has 0 aliphatic heterocycles. The fourth-order valence-electron chi connectivity index (χ4n) is 2.90. The molecule has 2 rings (SSSR count). The highest BCUT2D eigenvalue weighted by Gasteiger charge is 2.58. The molecule has 0 saturated carbocycles. The molecule has 1 aliphatic rings. The molecule has 0 aromatic heterocycles. The quantitative estimate of drug-likeness (QED) is 0.442. The number of fused-ring (bicyclic) bond motifs is 1. The Kier molecular flexibility index (Phi) is 7.03. The molecule has 0 bridgehead atoms. The van der Waals surface area contributed by atoms with E-state index in [1.807, 2.05) is 0 Å². The van der Waals surface area contributed by atoms with Gasteiger partial charge in [0.1, 0.15) is 5.92 Å². The van der Waals surface area contributed by atoms with Crippen LogP contribution in [0.3, 0.4) is 0 Å². The standard InChI is InChI=1S/C13H12O6.C4H6O4/c14-10(15)9-8-4-2-1-3-7(8)5-6-13(9,11(16)17)12(18)19;5-3(6)1-2-4(7)8/h1-4,9H,5-6H2,(H,14,15)(H,16,17)(H,18,19);1-2H2,(H,5,6)(H,7,8). The third kappa shape index (κ3) is 4.81. The first kappa shape index (κ1) is 21.6. The molecule has 27 heavy (non-hydrogen) atoms. The molecule has 1 unspecified atom stereocenters. The van der Waals surface area contributed by atoms with Crippen LogP contribution in [0, 0.1) is 5.41 Å². The van der Waals surface area contributed by atoms with Crippen LogP contribution in [0.5, 0.6) is 0 Å². The highest BCUT2D eigenvalue weighted by Crippen LogP contribution is 2.46. The van der Waals surface area contributed by atoms with Crippen LogP contribution in [0.4, 0.5) is 0 Å². The summed E-state index contributed by atoms with van der Waals surface area (Å²) in [5.41, 5.74) is -1.35. The molecular weight excluding hydrogens is 364 g/mol. The van der Waals surface area contributed by atoms with Crippen LogP contribution in [0.25, 0.3) is 0 Å². The minimum atomic E-state index is -2.31. The van der Waals surface area contributed by atoms with E-state index in [1.54, 1.807) is 18.2 Å². The predicted octanol–water partition coefficient (Wildman–Crippen LogP) is 0.892. The molecule has 0 saturated heterocycles. The van der Waals surface area contributed by atoms with Crippen molar-refractivity contribution < 1.29 is 49.5 Å². The minimum Gasteiger partial charge on any atom is -0.481 e. The Morgan fingerprint density at radius 2 is 1.33 bits per heavy atom. The third-order valence-corrected chi connectivity index (χ3v) is 4.21. The number of aryl methyl sites for hydroxylation is 1. The van der Waals surface area contributed by atoms with Gasteiger partial charge in [-0.25, -0.2) is 0 Å². The van der Waals surface area contributed by atoms with Gasteiger partial charge < -0.3 is 25.5 Å². The summed E-state index contributed by atoms with van der Waals surface area (Å²) in [5.74, 6) is -8.38. The molecular formula is C17H18O10. The molecule has 10 heteroatoms. The van der Waals surface area contributed by atoms with Gasteiger partial charge in [0.05, 0.1) is 12.8 Å². The third-order valence-electron chi connectivity index (χ3n) is 4.21. The summed E-state index contributed by atoms with van der Waals surface area (Å²) in [6.07, 6.45) is -0.588. The number of carboxylic acid groups (broad SMARTS) is 5. The van der Waals surface area contributed by atoms with Gasteiger partial charge in [0, 0.05) is 0 Å². The molecule has 0 radical (unpaired) electrons. The summed E-state index contributed by atoms with van der Waals surface area (Å²) in [7, 11) is 0. The highest BCUT2D eigenvalue weighted by molar-refractivity contribution is 6.04. The van der Waals surface area contributed by atoms with E-state index in [-0.39, 0.29) is 31.2 Å². The Hall–Kier alpha value is -3.43. The number of hydrogen-bond acceptors (Lipinski definition) is 5. The van der Waals surface area contributed by atoms with E-state index >= 15 is 0 Å². The van der Waals surface area contributed by atoms with Gasteiger partial charge in [-0.15, -0.1) is 0 Å². The van der Waals surface area contributed by atoms with Crippen LogP contribution >= 0.6 is 0 Å². The topological polar surface area (TPSA) is 186 Å². The van der Waals surface area contributed by atoms with Crippen molar-refractivity contribution in [1.29, 1.82) is 0 Å². The first-order valence-electron chi connectivity index (χ1n) is 7.75. The maximum atomic E-state index is 11.4. The van der Waals surface area contributed by atoms with Gasteiger partial charge >= 0.3 is 29.8 Å². The number of carbonyl (C=O) groups is 5. The first-order chi connectivity index (χ1) is 12.5. The Balaban J connectivity index is 0.000000387. The number of rotatable bonds is 6. The molecule has 1 aromatic rings. The second kappa shape index (κ2) is 8.79. The van der Waals surface area contributed by atoms with Crippen molar-refractivity contribution in [3.8, 4) is 0 Å². The molecule has 1 aliphatic carbocycles. The minimum absolute atomic E-state index is 0.231. The lowest BCUT2D eigenvalue weighted by molar-refractivity contribution is -0.173. The lowest BCUT2D eigenvalue weighted by Gasteiger charge is -2.36. The van der Waals surface area contributed by atoms with Crippen molar-refractivity contribution in [2.24, 2.45) is 5.41 Å². The zero-order valence-electron chi connectivity index (χ0n) is 14.0. The molecule has 1 atom stereocenters. The van der Waals surface area contributed by atoms with Gasteiger partial charge in [0.2, 0.25) is 0 Å². The van der Waals surface area contributed by atoms with Crippen LogP contribution in [-0.2, 0) is 30.4 Å². The smallest absolute Gasteiger partial charge is 0.322 e. The zero-order valence-corrected chi connectivity index (χ0v) is 14.0. The number of benzene rings is 1. The second-order valence-corrected chi connectivity index (χ2v) is 5.84. The SMILES string of the molecule is O=C(O)C1c2ccccc2CCC1(C(=O)O)C(=O)O.O=C(O)CCC(=O)O. The van der Waals surface area contributed by atoms with Crippen LogP contribution in [0.15, 0.2) is 24.3 Å². The van der Waals surface area contributed by atoms with E-state index in [1.165, 1.54) is 6.07 Å². The van der Waals surface area contributed by atoms with Crippen LogP contribution in [0.2, 0.25) is 0 Å². The zero-order chi connectivity index (χ0) is 20.8. The molecule has 0 amide bonds. The summed E-state index contributed by atoms with van der Waals surface area (Å²) < 4.78 is 0. The fraction of sp³-hybridized carbons (Fsp3) is 0.353. The Bertz CT molecular complexity index is 739. The Labute approximate surface area is 152 Å². The van der Waals surface area contributed by atoms with Gasteiger partial charge in [0.15, 0.2) is 5.41 Å². The lowest BCUT2D eigenvalue weighted by Crippen LogP contribution is -2.49. The van der Waals surface area contributed by atoms with E-state index < -0.39 is 41.2 Å². The van der Waals surface area contributed by atoms with Crippen LogP contribution in [0.1, 0.15) is 36.3 Å². The molecule has 0 fully saturated rings. The monoisotopic (exact) mass is 382 g/mol. The van der Waals surface area contributed by atoms with E-state index in [2.05, 4.69) is 0 Å². The predicted molar refractivity (Wildman–Crippen MR) is 87.4 cm³/mol. The fourth-order valence-corrected chi connectivity index (χ4v) is 2.90.